The Labute approximate surface area is 159 Å². The number of likely N-dealkylation sites (tertiary alicyclic amines) is 2. The number of hydrogen-bond donors (Lipinski definition) is 2. The molecule has 2 amide bonds. The van der Waals surface area contributed by atoms with Gasteiger partial charge in [-0.1, -0.05) is 37.3 Å². The molecule has 0 saturated carbocycles. The van der Waals surface area contributed by atoms with Gasteiger partial charge in [-0.3, -0.25) is 14.5 Å². The molecule has 1 aromatic carbocycles. The van der Waals surface area contributed by atoms with E-state index < -0.39 is 17.9 Å². The van der Waals surface area contributed by atoms with Crippen LogP contribution in [0.15, 0.2) is 30.3 Å². The van der Waals surface area contributed by atoms with Crippen molar-refractivity contribution in [1.29, 1.82) is 0 Å². The molecular weight excluding hydrogens is 346 g/mol. The van der Waals surface area contributed by atoms with Crippen LogP contribution >= 0.6 is 0 Å². The van der Waals surface area contributed by atoms with Gasteiger partial charge in [-0.15, -0.1) is 0 Å². The summed E-state index contributed by atoms with van der Waals surface area (Å²) in [7, 11) is 0. The highest BCUT2D eigenvalue weighted by atomic mass is 16.4. The van der Waals surface area contributed by atoms with Crippen LogP contribution in [0.2, 0.25) is 0 Å². The van der Waals surface area contributed by atoms with Crippen molar-refractivity contribution in [1.82, 2.24) is 15.1 Å². The molecule has 146 valence electrons. The van der Waals surface area contributed by atoms with Crippen molar-refractivity contribution in [2.45, 2.75) is 38.3 Å². The topological polar surface area (TPSA) is 89.9 Å². The van der Waals surface area contributed by atoms with Gasteiger partial charge < -0.3 is 15.3 Å². The average Bonchev–Trinajstić information content (AvgIpc) is 3.26. The van der Waals surface area contributed by atoms with Gasteiger partial charge in [0.2, 0.25) is 11.8 Å². The van der Waals surface area contributed by atoms with Crippen molar-refractivity contribution in [3.63, 3.8) is 0 Å². The van der Waals surface area contributed by atoms with E-state index in [4.69, 9.17) is 0 Å². The van der Waals surface area contributed by atoms with Crippen molar-refractivity contribution in [3.05, 3.63) is 35.9 Å². The Balaban J connectivity index is 1.60. The number of carboxylic acids is 1. The van der Waals surface area contributed by atoms with E-state index >= 15 is 0 Å². The summed E-state index contributed by atoms with van der Waals surface area (Å²) >= 11 is 0. The van der Waals surface area contributed by atoms with Gasteiger partial charge in [0, 0.05) is 25.6 Å². The van der Waals surface area contributed by atoms with Crippen molar-refractivity contribution < 1.29 is 19.5 Å². The number of rotatable bonds is 7. The molecule has 0 bridgehead atoms. The van der Waals surface area contributed by atoms with Gasteiger partial charge >= 0.3 is 5.97 Å². The minimum Gasteiger partial charge on any atom is -0.479 e. The van der Waals surface area contributed by atoms with Crippen LogP contribution in [0.1, 0.15) is 37.8 Å². The third-order valence-electron chi connectivity index (χ3n) is 5.59. The van der Waals surface area contributed by atoms with Crippen molar-refractivity contribution in [2.24, 2.45) is 5.92 Å². The predicted molar refractivity (Wildman–Crippen MR) is 99.9 cm³/mol. The SMILES string of the molecule is CCN1CCC[C@@H]1CN1C[C@H](C(=O)N[C@H](C(=O)O)c2ccccc2)CC1=O. The van der Waals surface area contributed by atoms with Gasteiger partial charge in [-0.05, 0) is 31.5 Å². The number of benzene rings is 1. The molecule has 0 unspecified atom stereocenters. The first-order valence-corrected chi connectivity index (χ1v) is 9.59. The van der Waals surface area contributed by atoms with E-state index in [1.807, 2.05) is 0 Å². The normalized spacial score (nSPS) is 24.2. The Morgan fingerprint density at radius 3 is 2.70 bits per heavy atom. The fraction of sp³-hybridized carbons (Fsp3) is 0.550. The van der Waals surface area contributed by atoms with Gasteiger partial charge in [0.05, 0.1) is 5.92 Å². The molecule has 7 heteroatoms. The second-order valence-electron chi connectivity index (χ2n) is 7.31. The zero-order valence-electron chi connectivity index (χ0n) is 15.6. The maximum Gasteiger partial charge on any atom is 0.330 e. The predicted octanol–water partition coefficient (Wildman–Crippen LogP) is 1.26. The summed E-state index contributed by atoms with van der Waals surface area (Å²) in [5, 5.41) is 12.1. The number of amides is 2. The lowest BCUT2D eigenvalue weighted by atomic mass is 10.0. The summed E-state index contributed by atoms with van der Waals surface area (Å²) in [6.07, 6.45) is 2.36. The maximum absolute atomic E-state index is 12.6. The summed E-state index contributed by atoms with van der Waals surface area (Å²) in [5.41, 5.74) is 0.518. The molecule has 7 nitrogen and oxygen atoms in total. The monoisotopic (exact) mass is 373 g/mol. The Hall–Kier alpha value is -2.41. The van der Waals surface area contributed by atoms with E-state index in [-0.39, 0.29) is 18.2 Å². The lowest BCUT2D eigenvalue weighted by Gasteiger charge is -2.27. The van der Waals surface area contributed by atoms with Crippen LogP contribution < -0.4 is 5.32 Å². The molecule has 2 saturated heterocycles. The summed E-state index contributed by atoms with van der Waals surface area (Å²) in [6, 6.07) is 7.86. The van der Waals surface area contributed by atoms with Crippen molar-refractivity contribution in [2.75, 3.05) is 26.2 Å². The average molecular weight is 373 g/mol. The highest BCUT2D eigenvalue weighted by Gasteiger charge is 2.38. The Bertz CT molecular complexity index is 694. The zero-order valence-corrected chi connectivity index (χ0v) is 15.6. The van der Waals surface area contributed by atoms with Crippen LogP contribution in [0.5, 0.6) is 0 Å². The second-order valence-corrected chi connectivity index (χ2v) is 7.31. The molecule has 0 radical (unpaired) electrons. The van der Waals surface area contributed by atoms with E-state index in [1.165, 1.54) is 0 Å². The molecular formula is C20H27N3O4. The quantitative estimate of drug-likeness (QED) is 0.751. The maximum atomic E-state index is 12.6. The third-order valence-corrected chi connectivity index (χ3v) is 5.59. The number of likely N-dealkylation sites (N-methyl/N-ethyl adjacent to an activating group) is 1. The number of nitrogens with one attached hydrogen (secondary N) is 1. The first-order chi connectivity index (χ1) is 13.0. The molecule has 2 aliphatic rings. The second kappa shape index (κ2) is 8.52. The number of aliphatic carboxylic acids is 1. The van der Waals surface area contributed by atoms with Gasteiger partial charge in [0.1, 0.15) is 0 Å². The third kappa shape index (κ3) is 4.47. The number of carbonyl (C=O) groups excluding carboxylic acids is 2. The molecule has 3 atom stereocenters. The van der Waals surface area contributed by atoms with Crippen LogP contribution in [0.25, 0.3) is 0 Å². The lowest BCUT2D eigenvalue weighted by Crippen LogP contribution is -2.42. The van der Waals surface area contributed by atoms with Crippen LogP contribution in [-0.2, 0) is 14.4 Å². The van der Waals surface area contributed by atoms with E-state index in [0.29, 0.717) is 24.7 Å². The fourth-order valence-corrected chi connectivity index (χ4v) is 4.09. The molecule has 0 aliphatic carbocycles. The van der Waals surface area contributed by atoms with Gasteiger partial charge in [-0.25, -0.2) is 4.79 Å². The molecule has 2 heterocycles. The van der Waals surface area contributed by atoms with Gasteiger partial charge in [0.25, 0.3) is 0 Å². The number of hydrogen-bond acceptors (Lipinski definition) is 4. The largest absolute Gasteiger partial charge is 0.479 e. The van der Waals surface area contributed by atoms with Crippen LogP contribution in [0, 0.1) is 5.92 Å². The highest BCUT2D eigenvalue weighted by Crippen LogP contribution is 2.24. The van der Waals surface area contributed by atoms with E-state index in [1.54, 1.807) is 35.2 Å². The van der Waals surface area contributed by atoms with Crippen molar-refractivity contribution >= 4 is 17.8 Å². The molecule has 1 aromatic rings. The zero-order chi connectivity index (χ0) is 19.4. The van der Waals surface area contributed by atoms with Crippen LogP contribution in [-0.4, -0.2) is 64.9 Å². The standard InChI is InChI=1S/C20H27N3O4/c1-2-22-10-6-9-16(22)13-23-12-15(11-17(23)24)19(25)21-18(20(26)27)14-7-4-3-5-8-14/h3-5,7-8,15-16,18H,2,6,9-13H2,1H3,(H,21,25)(H,26,27)/t15-,16-,18+/m1/s1. The minimum absolute atomic E-state index is 0.0234. The Kier molecular flexibility index (Phi) is 6.11. The summed E-state index contributed by atoms with van der Waals surface area (Å²) < 4.78 is 0. The number of carboxylic acid groups (broad SMARTS) is 1. The lowest BCUT2D eigenvalue weighted by molar-refractivity contribution is -0.142. The fourth-order valence-electron chi connectivity index (χ4n) is 4.09. The van der Waals surface area contributed by atoms with Crippen molar-refractivity contribution in [3.8, 4) is 0 Å². The molecule has 2 fully saturated rings. The molecule has 27 heavy (non-hydrogen) atoms. The van der Waals surface area contributed by atoms with E-state index in [2.05, 4.69) is 17.1 Å². The van der Waals surface area contributed by atoms with Crippen LogP contribution in [0.4, 0.5) is 0 Å². The summed E-state index contributed by atoms with van der Waals surface area (Å²) in [5.74, 6) is -2.01. The molecule has 0 spiro atoms. The first kappa shape index (κ1) is 19.4. The van der Waals surface area contributed by atoms with Gasteiger partial charge in [0.15, 0.2) is 6.04 Å². The molecule has 0 aromatic heterocycles. The summed E-state index contributed by atoms with van der Waals surface area (Å²) in [4.78, 5) is 40.7. The van der Waals surface area contributed by atoms with Crippen LogP contribution in [0.3, 0.4) is 0 Å². The van der Waals surface area contributed by atoms with E-state index in [9.17, 15) is 19.5 Å². The van der Waals surface area contributed by atoms with Gasteiger partial charge in [-0.2, -0.15) is 0 Å². The number of carbonyl (C=O) groups is 3. The first-order valence-electron chi connectivity index (χ1n) is 9.59. The number of nitrogens with zero attached hydrogens (tertiary/aromatic N) is 2. The highest BCUT2D eigenvalue weighted by molar-refractivity contribution is 5.91. The molecule has 2 aliphatic heterocycles. The smallest absolute Gasteiger partial charge is 0.330 e. The van der Waals surface area contributed by atoms with E-state index in [0.717, 1.165) is 25.9 Å². The molecule has 3 rings (SSSR count). The minimum atomic E-state index is -1.11. The molecule has 2 N–H and O–H groups in total. The Morgan fingerprint density at radius 2 is 2.04 bits per heavy atom. The Morgan fingerprint density at radius 1 is 1.30 bits per heavy atom. The summed E-state index contributed by atoms with van der Waals surface area (Å²) in [6.45, 7) is 5.16.